The minimum absolute atomic E-state index is 0.0763. The number of carboxylic acid groups (broad SMARTS) is 1. The van der Waals surface area contributed by atoms with Crippen LogP contribution in [0.2, 0.25) is 0 Å². The van der Waals surface area contributed by atoms with Gasteiger partial charge in [-0.2, -0.15) is 0 Å². The van der Waals surface area contributed by atoms with Crippen LogP contribution in [0.1, 0.15) is 11.9 Å². The summed E-state index contributed by atoms with van der Waals surface area (Å²) in [5.41, 5.74) is 0. The summed E-state index contributed by atoms with van der Waals surface area (Å²) in [5.74, 6) is -1.34. The summed E-state index contributed by atoms with van der Waals surface area (Å²) in [7, 11) is 0. The van der Waals surface area contributed by atoms with Gasteiger partial charge in [0.05, 0.1) is 7.63 Å². The topological polar surface area (TPSA) is 50.4 Å². The van der Waals surface area contributed by atoms with Crippen LogP contribution in [0.15, 0.2) is 22.8 Å². The molecule has 0 aliphatic carbocycles. The Morgan fingerprint density at radius 2 is 2.75 bits per heavy atom. The van der Waals surface area contributed by atoms with E-state index in [0.717, 1.165) is 12.3 Å². The van der Waals surface area contributed by atoms with E-state index >= 15 is 0 Å². The summed E-state index contributed by atoms with van der Waals surface area (Å²) in [5, 5.41) is 8.22. The second-order valence-electron chi connectivity index (χ2n) is 1.22. The molecule has 1 aromatic rings. The molecule has 1 aromatic heterocycles. The highest BCUT2D eigenvalue weighted by Crippen LogP contribution is 1.97. The van der Waals surface area contributed by atoms with Gasteiger partial charge < -0.3 is 9.52 Å². The molecule has 1 N–H and O–H groups in total. The molecular formula is C5H4O3. The fourth-order valence-corrected chi connectivity index (χ4v) is 0.353. The molecule has 8 heavy (non-hydrogen) atoms. The van der Waals surface area contributed by atoms with Crippen molar-refractivity contribution in [2.75, 3.05) is 0 Å². The molecule has 0 saturated carbocycles. The fraction of sp³-hybridized carbons (Fsp3) is 0. The van der Waals surface area contributed by atoms with E-state index in [0.29, 0.717) is 0 Å². The van der Waals surface area contributed by atoms with Crippen molar-refractivity contribution in [3.05, 3.63) is 24.1 Å². The molecule has 0 radical (unpaired) electrons. The van der Waals surface area contributed by atoms with Gasteiger partial charge in [-0.1, -0.05) is 0 Å². The zero-order valence-electron chi connectivity index (χ0n) is 4.92. The van der Waals surface area contributed by atoms with Crippen LogP contribution in [-0.2, 0) is 0 Å². The Morgan fingerprint density at radius 3 is 3.00 bits per heavy atom. The molecule has 0 aliphatic heterocycles. The molecule has 1 heterocycles. The van der Waals surface area contributed by atoms with Gasteiger partial charge in [0.15, 0.2) is 0 Å². The highest BCUT2D eigenvalue weighted by atomic mass is 16.4. The first-order valence-electron chi connectivity index (χ1n) is 2.48. The van der Waals surface area contributed by atoms with Crippen LogP contribution in [0.3, 0.4) is 0 Å². The van der Waals surface area contributed by atoms with E-state index in [1.807, 2.05) is 0 Å². The maximum atomic E-state index is 10.0. The van der Waals surface area contributed by atoms with E-state index in [1.54, 1.807) is 0 Å². The van der Waals surface area contributed by atoms with Gasteiger partial charge >= 0.3 is 5.97 Å². The summed E-state index contributed by atoms with van der Waals surface area (Å²) < 4.78 is 11.3. The van der Waals surface area contributed by atoms with E-state index in [9.17, 15) is 4.79 Å². The Bertz CT molecular complexity index is 228. The van der Waals surface area contributed by atoms with Crippen LogP contribution in [0.4, 0.5) is 0 Å². The van der Waals surface area contributed by atoms with Crippen LogP contribution in [0.25, 0.3) is 0 Å². The van der Waals surface area contributed by atoms with Crippen molar-refractivity contribution in [2.24, 2.45) is 0 Å². The zero-order chi connectivity index (χ0) is 6.85. The Labute approximate surface area is 47.0 Å². The van der Waals surface area contributed by atoms with Crippen LogP contribution >= 0.6 is 0 Å². The molecule has 0 atom stereocenters. The maximum Gasteiger partial charge on any atom is 0.371 e. The van der Waals surface area contributed by atoms with E-state index in [1.165, 1.54) is 0 Å². The lowest BCUT2D eigenvalue weighted by Gasteiger charge is -1.79. The lowest BCUT2D eigenvalue weighted by Crippen LogP contribution is -1.90. The van der Waals surface area contributed by atoms with Crippen molar-refractivity contribution in [1.29, 1.82) is 0 Å². The van der Waals surface area contributed by atoms with Crippen LogP contribution in [0.5, 0.6) is 0 Å². The summed E-state index contributed by atoms with van der Waals surface area (Å²) in [6.45, 7) is 0. The number of carboxylic acids is 1. The monoisotopic (exact) mass is 113 g/mol. The molecule has 3 heteroatoms. The fourth-order valence-electron chi connectivity index (χ4n) is 0.353. The third-order valence-corrected chi connectivity index (χ3v) is 0.679. The Kier molecular flexibility index (Phi) is 0.787. The molecule has 0 bridgehead atoms. The first-order chi connectivity index (χ1) is 4.20. The number of hydrogen-bond donors (Lipinski definition) is 1. The largest absolute Gasteiger partial charge is 0.475 e. The Balaban J connectivity index is 2.98. The lowest BCUT2D eigenvalue weighted by molar-refractivity contribution is 0.0662. The van der Waals surface area contributed by atoms with E-state index < -0.39 is 5.97 Å². The molecule has 0 aromatic carbocycles. The second kappa shape index (κ2) is 1.69. The number of aromatic carboxylic acids is 1. The molecule has 0 fully saturated rings. The Hall–Kier alpha value is -1.25. The number of hydrogen-bond acceptors (Lipinski definition) is 2. The molecule has 0 saturated heterocycles. The molecule has 0 aliphatic rings. The van der Waals surface area contributed by atoms with Crippen molar-refractivity contribution >= 4 is 5.97 Å². The third-order valence-electron chi connectivity index (χ3n) is 0.679. The maximum absolute atomic E-state index is 10.0. The SMILES string of the molecule is [2H]c1coc(C(=O)O)c1. The number of carbonyl (C=O) groups is 1. The molecule has 0 unspecified atom stereocenters. The molecule has 0 amide bonds. The molecular weight excluding hydrogens is 108 g/mol. The summed E-state index contributed by atoms with van der Waals surface area (Å²) in [4.78, 5) is 10.0. The van der Waals surface area contributed by atoms with Gasteiger partial charge in [-0.25, -0.2) is 4.79 Å². The third kappa shape index (κ3) is 0.703. The van der Waals surface area contributed by atoms with Gasteiger partial charge in [-0.05, 0) is 12.1 Å². The zero-order valence-corrected chi connectivity index (χ0v) is 3.92. The smallest absolute Gasteiger partial charge is 0.371 e. The van der Waals surface area contributed by atoms with Crippen molar-refractivity contribution < 1.29 is 15.7 Å². The normalized spacial score (nSPS) is 10.8. The van der Waals surface area contributed by atoms with E-state index in [2.05, 4.69) is 4.42 Å². The van der Waals surface area contributed by atoms with Crippen molar-refractivity contribution in [3.63, 3.8) is 0 Å². The van der Waals surface area contributed by atoms with E-state index in [-0.39, 0.29) is 11.8 Å². The summed E-state index contributed by atoms with van der Waals surface area (Å²) in [6, 6.07) is 1.22. The minimum atomic E-state index is -1.14. The Morgan fingerprint density at radius 1 is 2.00 bits per heavy atom. The standard InChI is InChI=1S/C5H4O3/c6-5(7)4-2-1-3-8-4/h1-3H,(H,6,7)/i1D. The lowest BCUT2D eigenvalue weighted by atomic mass is 10.5. The van der Waals surface area contributed by atoms with Gasteiger partial charge in [0.2, 0.25) is 5.76 Å². The quantitative estimate of drug-likeness (QED) is 0.590. The highest BCUT2D eigenvalue weighted by molar-refractivity contribution is 5.84. The molecule has 42 valence electrons. The van der Waals surface area contributed by atoms with Crippen molar-refractivity contribution in [1.82, 2.24) is 0 Å². The average Bonchev–Trinajstić information content (AvgIpc) is 2.14. The number of furan rings is 1. The van der Waals surface area contributed by atoms with Crippen LogP contribution in [-0.4, -0.2) is 11.1 Å². The van der Waals surface area contributed by atoms with Crippen LogP contribution in [0, 0.1) is 0 Å². The highest BCUT2D eigenvalue weighted by Gasteiger charge is 2.01. The molecule has 3 nitrogen and oxygen atoms in total. The van der Waals surface area contributed by atoms with Crippen molar-refractivity contribution in [3.8, 4) is 0 Å². The van der Waals surface area contributed by atoms with Gasteiger partial charge in [0, 0.05) is 0 Å². The predicted molar refractivity (Wildman–Crippen MR) is 25.7 cm³/mol. The van der Waals surface area contributed by atoms with Gasteiger partial charge in [-0.3, -0.25) is 0 Å². The van der Waals surface area contributed by atoms with Gasteiger partial charge in [0.1, 0.15) is 0 Å². The first kappa shape index (κ1) is 3.72. The summed E-state index contributed by atoms with van der Waals surface area (Å²) >= 11 is 0. The second-order valence-corrected chi connectivity index (χ2v) is 1.22. The average molecular weight is 113 g/mol. The molecule has 1 rings (SSSR count). The minimum Gasteiger partial charge on any atom is -0.475 e. The predicted octanol–water partition coefficient (Wildman–Crippen LogP) is 0.978. The van der Waals surface area contributed by atoms with Gasteiger partial charge in [-0.15, -0.1) is 0 Å². The first-order valence-corrected chi connectivity index (χ1v) is 1.98. The number of rotatable bonds is 1. The summed E-state index contributed by atoms with van der Waals surface area (Å²) in [6.07, 6.45) is 1.07. The molecule has 0 spiro atoms. The van der Waals surface area contributed by atoms with Crippen LogP contribution < -0.4 is 0 Å². The van der Waals surface area contributed by atoms with E-state index in [4.69, 9.17) is 6.48 Å². The van der Waals surface area contributed by atoms with Gasteiger partial charge in [0.25, 0.3) is 0 Å². The van der Waals surface area contributed by atoms with Crippen molar-refractivity contribution in [2.45, 2.75) is 0 Å².